The fourth-order valence-electron chi connectivity index (χ4n) is 2.67. The van der Waals surface area contributed by atoms with Crippen molar-refractivity contribution in [3.8, 4) is 0 Å². The van der Waals surface area contributed by atoms with E-state index in [-0.39, 0.29) is 11.7 Å². The van der Waals surface area contributed by atoms with E-state index in [0.717, 1.165) is 18.5 Å². The van der Waals surface area contributed by atoms with Crippen molar-refractivity contribution in [3.05, 3.63) is 53.6 Å². The fraction of sp³-hybridized carbons (Fsp3) is 0.200. The molecule has 1 aliphatic rings. The summed E-state index contributed by atoms with van der Waals surface area (Å²) in [5.41, 5.74) is 3.48. The van der Waals surface area contributed by atoms with Gasteiger partial charge in [-0.2, -0.15) is 4.98 Å². The Labute approximate surface area is 120 Å². The summed E-state index contributed by atoms with van der Waals surface area (Å²) in [5.74, 6) is 0.212. The lowest BCUT2D eigenvalue weighted by atomic mass is 10.1. The van der Waals surface area contributed by atoms with Gasteiger partial charge in [-0.1, -0.05) is 6.07 Å². The highest BCUT2D eigenvalue weighted by molar-refractivity contribution is 6.01. The molecular formula is C15H13N5O. The molecule has 0 atom stereocenters. The minimum Gasteiger partial charge on any atom is -0.319 e. The molecule has 0 aliphatic heterocycles. The summed E-state index contributed by atoms with van der Waals surface area (Å²) in [5, 5.41) is 6.96. The highest BCUT2D eigenvalue weighted by Crippen LogP contribution is 2.25. The number of carbonyl (C=O) groups excluding carboxylic acids is 1. The van der Waals surface area contributed by atoms with Gasteiger partial charge in [0.1, 0.15) is 0 Å². The van der Waals surface area contributed by atoms with E-state index in [4.69, 9.17) is 0 Å². The van der Waals surface area contributed by atoms with Gasteiger partial charge in [-0.05, 0) is 48.6 Å². The van der Waals surface area contributed by atoms with Crippen LogP contribution in [0.2, 0.25) is 0 Å². The second-order valence-electron chi connectivity index (χ2n) is 5.09. The van der Waals surface area contributed by atoms with Crippen molar-refractivity contribution in [2.45, 2.75) is 19.3 Å². The molecule has 2 aromatic heterocycles. The van der Waals surface area contributed by atoms with Crippen molar-refractivity contribution in [2.24, 2.45) is 0 Å². The first kappa shape index (κ1) is 12.0. The first-order chi connectivity index (χ1) is 10.3. The lowest BCUT2D eigenvalue weighted by Crippen LogP contribution is -2.14. The minimum absolute atomic E-state index is 0.120. The fourth-order valence-corrected chi connectivity index (χ4v) is 2.67. The first-order valence-electron chi connectivity index (χ1n) is 6.90. The molecule has 1 aromatic carbocycles. The van der Waals surface area contributed by atoms with E-state index in [9.17, 15) is 4.79 Å². The van der Waals surface area contributed by atoms with E-state index in [0.29, 0.717) is 5.78 Å². The zero-order valence-electron chi connectivity index (χ0n) is 11.3. The predicted octanol–water partition coefficient (Wildman–Crippen LogP) is 1.87. The van der Waals surface area contributed by atoms with Crippen molar-refractivity contribution in [2.75, 3.05) is 5.32 Å². The van der Waals surface area contributed by atoms with Gasteiger partial charge in [0, 0.05) is 18.1 Å². The lowest BCUT2D eigenvalue weighted by Gasteiger charge is -2.05. The Morgan fingerprint density at radius 1 is 1.24 bits per heavy atom. The molecule has 0 bridgehead atoms. The third-order valence-electron chi connectivity index (χ3n) is 3.68. The van der Waals surface area contributed by atoms with Crippen LogP contribution in [-0.4, -0.2) is 25.5 Å². The quantitative estimate of drug-likeness (QED) is 0.777. The largest absolute Gasteiger partial charge is 0.319 e. The normalized spacial score (nSPS) is 13.3. The highest BCUT2D eigenvalue weighted by atomic mass is 16.2. The average Bonchev–Trinajstić information content (AvgIpc) is 3.13. The van der Waals surface area contributed by atoms with Gasteiger partial charge in [-0.15, -0.1) is 5.10 Å². The average molecular weight is 279 g/mol. The van der Waals surface area contributed by atoms with Crippen LogP contribution in [0, 0.1) is 0 Å². The number of aryl methyl sites for hydroxylation is 2. The second-order valence-corrected chi connectivity index (χ2v) is 5.09. The number of fused-ring (bicyclic) bond motifs is 2. The van der Waals surface area contributed by atoms with Gasteiger partial charge in [0.2, 0.25) is 5.82 Å². The number of amides is 1. The van der Waals surface area contributed by atoms with E-state index >= 15 is 0 Å². The smallest absolute Gasteiger partial charge is 0.295 e. The van der Waals surface area contributed by atoms with Crippen molar-refractivity contribution < 1.29 is 4.79 Å². The summed E-state index contributed by atoms with van der Waals surface area (Å²) in [7, 11) is 0. The Morgan fingerprint density at radius 3 is 3.05 bits per heavy atom. The third kappa shape index (κ3) is 2.14. The summed E-state index contributed by atoms with van der Waals surface area (Å²) >= 11 is 0. The molecule has 6 heteroatoms. The zero-order chi connectivity index (χ0) is 14.2. The molecule has 104 valence electrons. The van der Waals surface area contributed by atoms with Crippen LogP contribution in [0.5, 0.6) is 0 Å². The standard InChI is InChI=1S/C15H13N5O/c21-14(13-18-15-16-7-2-8-20(15)19-13)17-12-6-5-10-3-1-4-11(10)9-12/h2,5-9H,1,3-4H2,(H,17,21). The molecule has 0 radical (unpaired) electrons. The lowest BCUT2D eigenvalue weighted by molar-refractivity contribution is 0.101. The Kier molecular flexibility index (Phi) is 2.67. The molecule has 0 spiro atoms. The highest BCUT2D eigenvalue weighted by Gasteiger charge is 2.15. The van der Waals surface area contributed by atoms with Crippen molar-refractivity contribution in [1.82, 2.24) is 19.6 Å². The summed E-state index contributed by atoms with van der Waals surface area (Å²) in [4.78, 5) is 20.4. The molecule has 6 nitrogen and oxygen atoms in total. The number of aromatic nitrogens is 4. The van der Waals surface area contributed by atoms with E-state index in [1.807, 2.05) is 12.1 Å². The molecule has 0 unspecified atom stereocenters. The molecule has 0 saturated carbocycles. The number of anilines is 1. The predicted molar refractivity (Wildman–Crippen MR) is 77.2 cm³/mol. The number of nitrogens with zero attached hydrogens (tertiary/aromatic N) is 4. The number of hydrogen-bond acceptors (Lipinski definition) is 4. The van der Waals surface area contributed by atoms with Crippen LogP contribution in [0.3, 0.4) is 0 Å². The molecule has 4 rings (SSSR count). The Morgan fingerprint density at radius 2 is 2.14 bits per heavy atom. The van der Waals surface area contributed by atoms with Crippen LogP contribution in [-0.2, 0) is 12.8 Å². The second kappa shape index (κ2) is 4.66. The van der Waals surface area contributed by atoms with Crippen LogP contribution in [0.4, 0.5) is 5.69 Å². The zero-order valence-corrected chi connectivity index (χ0v) is 11.3. The maximum absolute atomic E-state index is 12.2. The maximum atomic E-state index is 12.2. The van der Waals surface area contributed by atoms with Gasteiger partial charge >= 0.3 is 0 Å². The van der Waals surface area contributed by atoms with E-state index in [1.54, 1.807) is 18.5 Å². The van der Waals surface area contributed by atoms with Gasteiger partial charge in [-0.3, -0.25) is 4.79 Å². The number of hydrogen-bond donors (Lipinski definition) is 1. The van der Waals surface area contributed by atoms with E-state index < -0.39 is 0 Å². The van der Waals surface area contributed by atoms with Gasteiger partial charge in [0.05, 0.1) is 0 Å². The van der Waals surface area contributed by atoms with Crippen LogP contribution in [0.15, 0.2) is 36.7 Å². The molecule has 1 aliphatic carbocycles. The summed E-state index contributed by atoms with van der Waals surface area (Å²) in [6, 6.07) is 7.78. The van der Waals surface area contributed by atoms with E-state index in [1.165, 1.54) is 22.1 Å². The monoisotopic (exact) mass is 279 g/mol. The van der Waals surface area contributed by atoms with Gasteiger partial charge in [0.25, 0.3) is 11.7 Å². The van der Waals surface area contributed by atoms with Crippen molar-refractivity contribution in [1.29, 1.82) is 0 Å². The van der Waals surface area contributed by atoms with Gasteiger partial charge < -0.3 is 5.32 Å². The molecule has 0 saturated heterocycles. The molecule has 1 amide bonds. The first-order valence-corrected chi connectivity index (χ1v) is 6.90. The molecule has 21 heavy (non-hydrogen) atoms. The third-order valence-corrected chi connectivity index (χ3v) is 3.68. The SMILES string of the molecule is O=C(Nc1ccc2c(c1)CCC2)c1nc2ncccn2n1. The number of carbonyl (C=O) groups is 1. The number of nitrogens with one attached hydrogen (secondary N) is 1. The molecule has 3 aromatic rings. The van der Waals surface area contributed by atoms with Crippen molar-refractivity contribution in [3.63, 3.8) is 0 Å². The summed E-state index contributed by atoms with van der Waals surface area (Å²) < 4.78 is 1.48. The Hall–Kier alpha value is -2.76. The van der Waals surface area contributed by atoms with Crippen LogP contribution >= 0.6 is 0 Å². The number of benzene rings is 1. The summed E-state index contributed by atoms with van der Waals surface area (Å²) in [6.45, 7) is 0. The Balaban J connectivity index is 1.60. The van der Waals surface area contributed by atoms with Crippen LogP contribution in [0.25, 0.3) is 5.78 Å². The molecule has 2 heterocycles. The maximum Gasteiger partial charge on any atom is 0.295 e. The minimum atomic E-state index is -0.321. The molecule has 0 fully saturated rings. The van der Waals surface area contributed by atoms with Gasteiger partial charge in [0.15, 0.2) is 0 Å². The summed E-state index contributed by atoms with van der Waals surface area (Å²) in [6.07, 6.45) is 6.72. The molecule has 1 N–H and O–H groups in total. The Bertz CT molecular complexity index is 806. The van der Waals surface area contributed by atoms with Crippen LogP contribution < -0.4 is 5.32 Å². The topological polar surface area (TPSA) is 72.2 Å². The molecular weight excluding hydrogens is 266 g/mol. The van der Waals surface area contributed by atoms with Crippen LogP contribution in [0.1, 0.15) is 28.2 Å². The van der Waals surface area contributed by atoms with Crippen molar-refractivity contribution >= 4 is 17.4 Å². The van der Waals surface area contributed by atoms with E-state index in [2.05, 4.69) is 26.4 Å². The number of rotatable bonds is 2. The van der Waals surface area contributed by atoms with Gasteiger partial charge in [-0.25, -0.2) is 9.50 Å².